The van der Waals surface area contributed by atoms with Gasteiger partial charge in [-0.25, -0.2) is 0 Å². The smallest absolute Gasteiger partial charge is 0.261 e. The van der Waals surface area contributed by atoms with Gasteiger partial charge in [0, 0.05) is 16.8 Å². The van der Waals surface area contributed by atoms with Gasteiger partial charge in [-0.1, -0.05) is 19.3 Å². The van der Waals surface area contributed by atoms with Crippen LogP contribution >= 0.6 is 11.3 Å². The summed E-state index contributed by atoms with van der Waals surface area (Å²) < 4.78 is 0. The van der Waals surface area contributed by atoms with E-state index < -0.39 is 0 Å². The zero-order chi connectivity index (χ0) is 14.0. The van der Waals surface area contributed by atoms with E-state index in [1.807, 2.05) is 0 Å². The Morgan fingerprint density at radius 3 is 2.75 bits per heavy atom. The Morgan fingerprint density at radius 1 is 1.25 bits per heavy atom. The van der Waals surface area contributed by atoms with Crippen LogP contribution < -0.4 is 5.32 Å². The van der Waals surface area contributed by atoms with E-state index in [-0.39, 0.29) is 17.9 Å². The fourth-order valence-corrected chi connectivity index (χ4v) is 4.66. The van der Waals surface area contributed by atoms with E-state index in [2.05, 4.69) is 11.4 Å². The van der Waals surface area contributed by atoms with Crippen molar-refractivity contribution in [3.8, 4) is 0 Å². The normalized spacial score (nSPS) is 20.6. The molecule has 0 radical (unpaired) electrons. The van der Waals surface area contributed by atoms with Crippen LogP contribution in [0.15, 0.2) is 6.07 Å². The van der Waals surface area contributed by atoms with Crippen LogP contribution in [0.25, 0.3) is 0 Å². The fraction of sp³-hybridized carbons (Fsp3) is 0.688. The molecule has 0 saturated heterocycles. The molecule has 0 aromatic carbocycles. The quantitative estimate of drug-likeness (QED) is 0.897. The number of aliphatic hydroxyl groups is 1. The lowest BCUT2D eigenvalue weighted by molar-refractivity contribution is 0.0720. The van der Waals surface area contributed by atoms with Gasteiger partial charge >= 0.3 is 0 Å². The molecule has 0 spiro atoms. The highest BCUT2D eigenvalue weighted by atomic mass is 32.1. The summed E-state index contributed by atoms with van der Waals surface area (Å²) in [6.07, 6.45) is 9.15. The van der Waals surface area contributed by atoms with Gasteiger partial charge < -0.3 is 10.4 Å². The van der Waals surface area contributed by atoms with Gasteiger partial charge in [-0.05, 0) is 43.7 Å². The van der Waals surface area contributed by atoms with Crippen LogP contribution in [-0.2, 0) is 12.8 Å². The number of hydrogen-bond donors (Lipinski definition) is 2. The van der Waals surface area contributed by atoms with E-state index in [1.54, 1.807) is 11.3 Å². The van der Waals surface area contributed by atoms with Crippen LogP contribution in [0.4, 0.5) is 0 Å². The Kier molecular flexibility index (Phi) is 4.13. The number of carbonyl (C=O) groups is 1. The summed E-state index contributed by atoms with van der Waals surface area (Å²) in [5.41, 5.74) is 1.29. The van der Waals surface area contributed by atoms with Gasteiger partial charge in [-0.3, -0.25) is 4.79 Å². The molecule has 1 aromatic rings. The van der Waals surface area contributed by atoms with E-state index >= 15 is 0 Å². The highest BCUT2D eigenvalue weighted by Crippen LogP contribution is 2.35. The van der Waals surface area contributed by atoms with Crippen molar-refractivity contribution < 1.29 is 9.90 Å². The Balaban J connectivity index is 1.60. The predicted molar refractivity (Wildman–Crippen MR) is 81.3 cm³/mol. The minimum atomic E-state index is -0.0755. The lowest BCUT2D eigenvalue weighted by Gasteiger charge is -2.35. The maximum Gasteiger partial charge on any atom is 0.261 e. The van der Waals surface area contributed by atoms with Crippen LogP contribution in [0, 0.1) is 5.41 Å². The first-order valence-corrected chi connectivity index (χ1v) is 8.55. The van der Waals surface area contributed by atoms with Gasteiger partial charge in [0.1, 0.15) is 0 Å². The highest BCUT2D eigenvalue weighted by molar-refractivity contribution is 7.14. The molecule has 110 valence electrons. The summed E-state index contributed by atoms with van der Waals surface area (Å²) in [5, 5.41) is 12.7. The molecule has 1 fully saturated rings. The Bertz CT molecular complexity index is 467. The Hall–Kier alpha value is -0.870. The molecule has 1 aromatic heterocycles. The maximum atomic E-state index is 12.3. The number of carbonyl (C=O) groups excluding carboxylic acids is 1. The number of rotatable bonds is 4. The number of nitrogens with one attached hydrogen (secondary N) is 1. The maximum absolute atomic E-state index is 12.3. The van der Waals surface area contributed by atoms with Crippen molar-refractivity contribution in [1.82, 2.24) is 5.32 Å². The zero-order valence-electron chi connectivity index (χ0n) is 11.9. The van der Waals surface area contributed by atoms with Gasteiger partial charge in [-0.15, -0.1) is 11.3 Å². The molecule has 0 aliphatic heterocycles. The molecule has 0 unspecified atom stereocenters. The first kappa shape index (κ1) is 14.1. The topological polar surface area (TPSA) is 49.3 Å². The first-order valence-electron chi connectivity index (χ1n) is 7.73. The van der Waals surface area contributed by atoms with E-state index in [4.69, 9.17) is 0 Å². The number of hydrogen-bond acceptors (Lipinski definition) is 3. The molecule has 3 nitrogen and oxygen atoms in total. The first-order chi connectivity index (χ1) is 9.72. The minimum absolute atomic E-state index is 0.0443. The third kappa shape index (κ3) is 2.77. The van der Waals surface area contributed by atoms with E-state index in [9.17, 15) is 9.90 Å². The molecular formula is C16H23NO2S. The Labute approximate surface area is 124 Å². The van der Waals surface area contributed by atoms with Crippen LogP contribution in [0.3, 0.4) is 0 Å². The van der Waals surface area contributed by atoms with Crippen LogP contribution in [0.2, 0.25) is 0 Å². The van der Waals surface area contributed by atoms with Crippen LogP contribution in [0.5, 0.6) is 0 Å². The summed E-state index contributed by atoms with van der Waals surface area (Å²) in [6.45, 7) is 0.805. The van der Waals surface area contributed by atoms with Gasteiger partial charge in [0.15, 0.2) is 0 Å². The summed E-state index contributed by atoms with van der Waals surface area (Å²) >= 11 is 1.65. The van der Waals surface area contributed by atoms with Crippen molar-refractivity contribution in [3.05, 3.63) is 21.4 Å². The SMILES string of the molecule is O=C(NCC1(CO)CCCCC1)c1cc2c(s1)CCC2. The third-order valence-corrected chi connectivity index (χ3v) is 6.08. The van der Waals surface area contributed by atoms with Crippen molar-refractivity contribution in [2.75, 3.05) is 13.2 Å². The largest absolute Gasteiger partial charge is 0.396 e. The van der Waals surface area contributed by atoms with Gasteiger partial charge in [0.05, 0.1) is 11.5 Å². The molecule has 4 heteroatoms. The molecule has 0 bridgehead atoms. The molecule has 1 amide bonds. The summed E-state index contributed by atoms with van der Waals surface area (Å²) in [7, 11) is 0. The molecular weight excluding hydrogens is 270 g/mol. The van der Waals surface area contributed by atoms with Crippen LogP contribution in [-0.4, -0.2) is 24.2 Å². The Morgan fingerprint density at radius 2 is 2.05 bits per heavy atom. The number of fused-ring (bicyclic) bond motifs is 1. The van der Waals surface area contributed by atoms with Crippen LogP contribution in [0.1, 0.15) is 58.6 Å². The van der Waals surface area contributed by atoms with E-state index in [1.165, 1.54) is 36.1 Å². The molecule has 2 N–H and O–H groups in total. The second-order valence-electron chi connectivity index (χ2n) is 6.31. The average Bonchev–Trinajstić information content (AvgIpc) is 3.07. The van der Waals surface area contributed by atoms with Gasteiger partial charge in [-0.2, -0.15) is 0 Å². The molecule has 2 aliphatic rings. The second kappa shape index (κ2) is 5.86. The standard InChI is InChI=1S/C16H23NO2S/c18-11-16(7-2-1-3-8-16)10-17-15(19)14-9-12-5-4-6-13(12)20-14/h9,18H,1-8,10-11H2,(H,17,19). The monoisotopic (exact) mass is 293 g/mol. The van der Waals surface area contributed by atoms with Crippen molar-refractivity contribution in [2.24, 2.45) is 5.41 Å². The van der Waals surface area contributed by atoms with Gasteiger partial charge in [0.2, 0.25) is 0 Å². The molecule has 2 aliphatic carbocycles. The highest BCUT2D eigenvalue weighted by Gasteiger charge is 2.32. The number of thiophene rings is 1. The number of aryl methyl sites for hydroxylation is 2. The van der Waals surface area contributed by atoms with Crippen molar-refractivity contribution >= 4 is 17.2 Å². The third-order valence-electron chi connectivity index (χ3n) is 4.84. The number of aliphatic hydroxyl groups excluding tert-OH is 1. The summed E-state index contributed by atoms with van der Waals surface area (Å²) in [6, 6.07) is 2.06. The lowest BCUT2D eigenvalue weighted by atomic mass is 9.74. The minimum Gasteiger partial charge on any atom is -0.396 e. The predicted octanol–water partition coefficient (Wildman–Crippen LogP) is 2.91. The lowest BCUT2D eigenvalue weighted by Crippen LogP contribution is -2.41. The number of amides is 1. The van der Waals surface area contributed by atoms with Gasteiger partial charge in [0.25, 0.3) is 5.91 Å². The molecule has 1 heterocycles. The summed E-state index contributed by atoms with van der Waals surface area (Å²) in [5.74, 6) is 0.0443. The summed E-state index contributed by atoms with van der Waals surface area (Å²) in [4.78, 5) is 14.5. The molecule has 20 heavy (non-hydrogen) atoms. The zero-order valence-corrected chi connectivity index (χ0v) is 12.7. The van der Waals surface area contributed by atoms with Crippen molar-refractivity contribution in [2.45, 2.75) is 51.4 Å². The van der Waals surface area contributed by atoms with E-state index in [0.29, 0.717) is 6.54 Å². The fourth-order valence-electron chi connectivity index (χ4n) is 3.49. The molecule has 1 saturated carbocycles. The van der Waals surface area contributed by atoms with Crippen molar-refractivity contribution in [3.63, 3.8) is 0 Å². The molecule has 0 atom stereocenters. The molecule has 3 rings (SSSR count). The van der Waals surface area contributed by atoms with Crippen molar-refractivity contribution in [1.29, 1.82) is 0 Å². The average molecular weight is 293 g/mol. The second-order valence-corrected chi connectivity index (χ2v) is 7.45. The van der Waals surface area contributed by atoms with E-state index in [0.717, 1.165) is 30.6 Å².